The van der Waals surface area contributed by atoms with Crippen LogP contribution in [0.3, 0.4) is 0 Å². The van der Waals surface area contributed by atoms with Crippen molar-refractivity contribution in [3.8, 4) is 0 Å². The van der Waals surface area contributed by atoms with Gasteiger partial charge in [-0.15, -0.1) is 0 Å². The molecule has 0 aromatic rings. The van der Waals surface area contributed by atoms with Gasteiger partial charge in [0.15, 0.2) is 0 Å². The van der Waals surface area contributed by atoms with Crippen molar-refractivity contribution in [3.05, 3.63) is 0 Å². The third-order valence-electron chi connectivity index (χ3n) is 0.400. The fourth-order valence-corrected chi connectivity index (χ4v) is 2.61. The van der Waals surface area contributed by atoms with E-state index in [0.29, 0.717) is 0 Å². The van der Waals surface area contributed by atoms with Crippen molar-refractivity contribution >= 4 is 23.5 Å². The Kier molecular flexibility index (Phi) is 42.2. The summed E-state index contributed by atoms with van der Waals surface area (Å²) in [7, 11) is -17.9. The molecule has 0 aromatic heterocycles. The van der Waals surface area contributed by atoms with Gasteiger partial charge in [-0.05, 0) is 0 Å². The van der Waals surface area contributed by atoms with Crippen molar-refractivity contribution < 1.29 is 195 Å². The second-order valence-corrected chi connectivity index (χ2v) is 5.49. The summed E-state index contributed by atoms with van der Waals surface area (Å²) in [5.74, 6) is 0. The van der Waals surface area contributed by atoms with E-state index in [0.717, 1.165) is 0 Å². The van der Waals surface area contributed by atoms with Gasteiger partial charge in [-0.25, -0.2) is 0 Å². The first-order chi connectivity index (χ1) is 5.41. The van der Waals surface area contributed by atoms with Crippen LogP contribution in [-0.2, 0) is 22.3 Å². The van der Waals surface area contributed by atoms with Crippen LogP contribution in [0, 0.1) is 0 Å². The zero-order valence-electron chi connectivity index (χ0n) is 11.1. The topological polar surface area (TPSA) is 220 Å². The number of rotatable bonds is 4. The van der Waals surface area contributed by atoms with Gasteiger partial charge in [-0.2, -0.15) is 0 Å². The number of phosphoric acid groups is 3. The van der Waals surface area contributed by atoms with E-state index in [9.17, 15) is 38.2 Å². The molecule has 88 valence electrons. The van der Waals surface area contributed by atoms with Gasteiger partial charge in [0, 0.05) is 0 Å². The Morgan fingerprint density at radius 3 is 0.842 bits per heavy atom. The van der Waals surface area contributed by atoms with Crippen LogP contribution in [0.15, 0.2) is 0 Å². The Morgan fingerprint density at radius 1 is 0.579 bits per heavy atom. The quantitative estimate of drug-likeness (QED) is 0.353. The fraction of sp³-hybridized carbons (Fsp3) is 0. The summed E-state index contributed by atoms with van der Waals surface area (Å²) in [6.07, 6.45) is 0. The van der Waals surface area contributed by atoms with Gasteiger partial charge in [-0.3, -0.25) is 13.2 Å². The largest absolute Gasteiger partial charge is 1.00 e. The minimum Gasteiger partial charge on any atom is -0.790 e. The average Bonchev–Trinajstić information content (AvgIpc) is 1.43. The summed E-state index contributed by atoms with van der Waals surface area (Å²) < 4.78 is 34.7. The smallest absolute Gasteiger partial charge is 0.790 e. The minimum atomic E-state index is -5.97. The summed E-state index contributed by atoms with van der Waals surface area (Å²) in [5.41, 5.74) is 0. The van der Waals surface area contributed by atoms with E-state index < -0.39 is 23.5 Å². The first-order valence-electron chi connectivity index (χ1n) is 2.19. The first-order valence-corrected chi connectivity index (χ1v) is 6.57. The van der Waals surface area contributed by atoms with Gasteiger partial charge in [0.2, 0.25) is 0 Å². The normalized spacial score (nSPS) is 9.95. The second-order valence-electron chi connectivity index (χ2n) is 1.50. The molecular weight excluding hydrogens is 382 g/mol. The van der Waals surface area contributed by atoms with Crippen molar-refractivity contribution in [1.82, 2.24) is 6.15 Å². The third-order valence-corrected chi connectivity index (χ3v) is 3.60. The van der Waals surface area contributed by atoms with Crippen molar-refractivity contribution in [2.24, 2.45) is 0 Å². The maximum absolute atomic E-state index is 10.1. The van der Waals surface area contributed by atoms with Crippen LogP contribution < -0.4 is 178 Å². The molecule has 0 amide bonds. The van der Waals surface area contributed by atoms with Gasteiger partial charge in [0.25, 0.3) is 7.82 Å². The van der Waals surface area contributed by atoms with E-state index in [1.807, 2.05) is 0 Å². The zero-order valence-corrected chi connectivity index (χ0v) is 23.8. The Morgan fingerprint density at radius 2 is 0.737 bits per heavy atom. The molecule has 0 saturated carbocycles. The molecule has 0 rings (SSSR count). The third kappa shape index (κ3) is 35.4. The van der Waals surface area contributed by atoms with Crippen LogP contribution in [0.2, 0.25) is 0 Å². The monoisotopic (exact) mass is 385 g/mol. The van der Waals surface area contributed by atoms with Crippen molar-refractivity contribution in [1.29, 1.82) is 0 Å². The maximum Gasteiger partial charge on any atom is 1.00 e. The van der Waals surface area contributed by atoms with Crippen LogP contribution in [0.1, 0.15) is 0 Å². The molecule has 0 unspecified atom stereocenters. The average molecular weight is 385 g/mol. The van der Waals surface area contributed by atoms with E-state index >= 15 is 0 Å². The Balaban J connectivity index is -0.0000000480. The Labute approximate surface area is 219 Å². The summed E-state index contributed by atoms with van der Waals surface area (Å²) in [5, 5.41) is 0. The molecule has 19 heteroatoms. The molecule has 0 saturated heterocycles. The van der Waals surface area contributed by atoms with E-state index in [1.165, 1.54) is 0 Å². The van der Waals surface area contributed by atoms with Gasteiger partial charge < -0.3 is 39.7 Å². The molecule has 0 atom stereocenters. The van der Waals surface area contributed by atoms with Crippen LogP contribution >= 0.6 is 23.5 Å². The number of hydrogen-bond donors (Lipinski definition) is 1. The Bertz CT molecular complexity index is 293. The van der Waals surface area contributed by atoms with Gasteiger partial charge >= 0.3 is 148 Å². The summed E-state index contributed by atoms with van der Waals surface area (Å²) in [4.78, 5) is 48.6. The second kappa shape index (κ2) is 18.2. The molecule has 0 aliphatic heterocycles. The molecule has 0 spiro atoms. The first kappa shape index (κ1) is 44.1. The van der Waals surface area contributed by atoms with Crippen molar-refractivity contribution in [2.75, 3.05) is 0 Å². The fourth-order valence-electron chi connectivity index (χ4n) is 0.260. The standard InChI is InChI=1S/H3N.5Na.H5O10P3/c;;;;;;1-11(2,3)9-13(7,8)10-12(4,5)6/h1H3;;;;;;(H,7,8)(H2,1,2,3)(H2,4,5,6)/q;5*+1;/p-5. The summed E-state index contributed by atoms with van der Waals surface area (Å²) in [6.45, 7) is 0. The zero-order chi connectivity index (χ0) is 10.9. The van der Waals surface area contributed by atoms with E-state index in [2.05, 4.69) is 8.62 Å². The summed E-state index contributed by atoms with van der Waals surface area (Å²) in [6, 6.07) is 0. The predicted octanol–water partition coefficient (Wildman–Crippen LogP) is -18.7. The van der Waals surface area contributed by atoms with Crippen LogP contribution in [-0.4, -0.2) is 0 Å². The molecule has 0 radical (unpaired) electrons. The molecule has 0 aromatic carbocycles. The molecule has 0 aliphatic carbocycles. The minimum absolute atomic E-state index is 0. The molecule has 0 bridgehead atoms. The number of hydrogen-bond acceptors (Lipinski definition) is 11. The van der Waals surface area contributed by atoms with Crippen molar-refractivity contribution in [3.63, 3.8) is 0 Å². The van der Waals surface area contributed by atoms with E-state index in [1.54, 1.807) is 0 Å². The predicted molar refractivity (Wildman–Crippen MR) is 30.0 cm³/mol. The molecule has 0 aliphatic rings. The van der Waals surface area contributed by atoms with Gasteiger partial charge in [0.05, 0.1) is 15.6 Å². The van der Waals surface area contributed by atoms with Crippen LogP contribution in [0.4, 0.5) is 0 Å². The molecule has 11 nitrogen and oxygen atoms in total. The maximum atomic E-state index is 10.1. The molecule has 0 fully saturated rings. The van der Waals surface area contributed by atoms with Crippen LogP contribution in [0.25, 0.3) is 0 Å². The van der Waals surface area contributed by atoms with E-state index in [-0.39, 0.29) is 154 Å². The molecule has 19 heavy (non-hydrogen) atoms. The SMILES string of the molecule is N.O=P([O-])([O-])OP(=O)([O-])OP(=O)([O-])[O-].[Na+].[Na+].[Na+].[Na+].[Na+]. The Hall–Kier alpha value is 5.37. The van der Waals surface area contributed by atoms with Gasteiger partial charge in [-0.1, -0.05) is 0 Å². The molecule has 0 heterocycles. The van der Waals surface area contributed by atoms with Crippen molar-refractivity contribution in [2.45, 2.75) is 0 Å². The summed E-state index contributed by atoms with van der Waals surface area (Å²) >= 11 is 0. The van der Waals surface area contributed by atoms with Gasteiger partial charge in [0.1, 0.15) is 0 Å². The molecule has 3 N–H and O–H groups in total. The molecular formula is H3NNa5O10P3. The van der Waals surface area contributed by atoms with Crippen LogP contribution in [0.5, 0.6) is 0 Å². The van der Waals surface area contributed by atoms with E-state index in [4.69, 9.17) is 0 Å².